The third kappa shape index (κ3) is 4.31. The van der Waals surface area contributed by atoms with Gasteiger partial charge < -0.3 is 9.26 Å². The zero-order chi connectivity index (χ0) is 16.9. The van der Waals surface area contributed by atoms with E-state index in [9.17, 15) is 0 Å². The molecule has 3 aromatic heterocycles. The second-order valence-electron chi connectivity index (χ2n) is 6.17. The van der Waals surface area contributed by atoms with E-state index in [-0.39, 0.29) is 6.10 Å². The van der Waals surface area contributed by atoms with Crippen molar-refractivity contribution < 1.29 is 9.26 Å². The molecule has 130 valence electrons. The van der Waals surface area contributed by atoms with Crippen molar-refractivity contribution in [3.63, 3.8) is 0 Å². The Hall–Kier alpha value is -2.09. The van der Waals surface area contributed by atoms with Crippen molar-refractivity contribution in [1.82, 2.24) is 20.0 Å². The molecule has 3 aromatic rings. The van der Waals surface area contributed by atoms with Crippen molar-refractivity contribution in [2.75, 3.05) is 13.1 Å². The van der Waals surface area contributed by atoms with Crippen molar-refractivity contribution in [2.45, 2.75) is 32.1 Å². The van der Waals surface area contributed by atoms with Crippen LogP contribution in [-0.2, 0) is 17.9 Å². The molecular formula is C18H20N4O2S. The molecular weight excluding hydrogens is 336 g/mol. The van der Waals surface area contributed by atoms with Gasteiger partial charge in [0.1, 0.15) is 6.61 Å². The fourth-order valence-electron chi connectivity index (χ4n) is 2.99. The van der Waals surface area contributed by atoms with Crippen LogP contribution in [0, 0.1) is 0 Å². The van der Waals surface area contributed by atoms with Crippen molar-refractivity contribution in [1.29, 1.82) is 0 Å². The summed E-state index contributed by atoms with van der Waals surface area (Å²) in [6.07, 6.45) is 5.77. The largest absolute Gasteiger partial charge is 0.368 e. The zero-order valence-corrected chi connectivity index (χ0v) is 14.7. The molecule has 1 aliphatic rings. The van der Waals surface area contributed by atoms with Gasteiger partial charge in [-0.25, -0.2) is 0 Å². The number of thiophene rings is 1. The zero-order valence-electron chi connectivity index (χ0n) is 13.9. The van der Waals surface area contributed by atoms with E-state index < -0.39 is 0 Å². The number of hydrogen-bond acceptors (Lipinski definition) is 7. The Labute approximate surface area is 150 Å². The molecule has 4 heterocycles. The number of likely N-dealkylation sites (tertiary alicyclic amines) is 1. The quantitative estimate of drug-likeness (QED) is 0.675. The van der Waals surface area contributed by atoms with Crippen LogP contribution < -0.4 is 0 Å². The minimum Gasteiger partial charge on any atom is -0.368 e. The van der Waals surface area contributed by atoms with Crippen molar-refractivity contribution in [2.24, 2.45) is 0 Å². The van der Waals surface area contributed by atoms with Crippen molar-refractivity contribution >= 4 is 11.3 Å². The first-order chi connectivity index (χ1) is 12.4. The predicted octanol–water partition coefficient (Wildman–Crippen LogP) is 3.37. The molecule has 25 heavy (non-hydrogen) atoms. The lowest BCUT2D eigenvalue weighted by atomic mass is 10.1. The van der Waals surface area contributed by atoms with Gasteiger partial charge in [0.2, 0.25) is 5.82 Å². The van der Waals surface area contributed by atoms with E-state index in [1.807, 2.05) is 12.1 Å². The molecule has 1 saturated heterocycles. The molecule has 0 aromatic carbocycles. The number of ether oxygens (including phenoxy) is 1. The van der Waals surface area contributed by atoms with Crippen LogP contribution in [0.2, 0.25) is 0 Å². The molecule has 0 saturated carbocycles. The molecule has 0 unspecified atom stereocenters. The van der Waals surface area contributed by atoms with Crippen LogP contribution in [-0.4, -0.2) is 39.2 Å². The molecule has 7 heteroatoms. The molecule has 0 aliphatic carbocycles. The lowest BCUT2D eigenvalue weighted by molar-refractivity contribution is -0.0136. The number of nitrogens with zero attached hydrogens (tertiary/aromatic N) is 4. The normalized spacial score (nSPS) is 16.3. The molecule has 0 bridgehead atoms. The van der Waals surface area contributed by atoms with Gasteiger partial charge in [0.15, 0.2) is 0 Å². The Kier molecular flexibility index (Phi) is 5.15. The van der Waals surface area contributed by atoms with Crippen LogP contribution in [0.25, 0.3) is 11.4 Å². The van der Waals surface area contributed by atoms with Gasteiger partial charge in [0, 0.05) is 37.6 Å². The lowest BCUT2D eigenvalue weighted by Crippen LogP contribution is -2.36. The maximum atomic E-state index is 5.97. The summed E-state index contributed by atoms with van der Waals surface area (Å²) in [7, 11) is 0. The summed E-state index contributed by atoms with van der Waals surface area (Å²) in [5, 5.41) is 8.35. The van der Waals surface area contributed by atoms with Crippen LogP contribution in [0.5, 0.6) is 0 Å². The average molecular weight is 356 g/mol. The van der Waals surface area contributed by atoms with Gasteiger partial charge in [-0.15, -0.1) is 0 Å². The summed E-state index contributed by atoms with van der Waals surface area (Å²) in [5.41, 5.74) is 2.25. The SMILES string of the molecule is c1cncc(-c2noc(COC3CCN(Cc4ccsc4)CC3)n2)c1. The van der Waals surface area contributed by atoms with E-state index in [1.54, 1.807) is 23.7 Å². The van der Waals surface area contributed by atoms with Crippen LogP contribution in [0.1, 0.15) is 24.3 Å². The summed E-state index contributed by atoms with van der Waals surface area (Å²) >= 11 is 1.76. The van der Waals surface area contributed by atoms with E-state index in [2.05, 4.69) is 36.9 Å². The topological polar surface area (TPSA) is 64.3 Å². The second-order valence-corrected chi connectivity index (χ2v) is 6.95. The summed E-state index contributed by atoms with van der Waals surface area (Å²) in [4.78, 5) is 10.9. The highest BCUT2D eigenvalue weighted by Gasteiger charge is 2.21. The van der Waals surface area contributed by atoms with Gasteiger partial charge in [0.25, 0.3) is 5.89 Å². The summed E-state index contributed by atoms with van der Waals surface area (Å²) in [5.74, 6) is 1.07. The molecule has 0 radical (unpaired) electrons. The highest BCUT2D eigenvalue weighted by atomic mass is 32.1. The number of piperidine rings is 1. The summed E-state index contributed by atoms with van der Waals surface area (Å²) < 4.78 is 11.2. The molecule has 0 N–H and O–H groups in total. The standard InChI is InChI=1S/C18H20N4O2S/c1-2-15(10-19-6-1)18-20-17(24-21-18)12-23-16-3-7-22(8-4-16)11-14-5-9-25-13-14/h1-2,5-6,9-10,13,16H,3-4,7-8,11-12H2. The first kappa shape index (κ1) is 16.4. The van der Waals surface area contributed by atoms with Gasteiger partial charge in [-0.05, 0) is 47.4 Å². The Morgan fingerprint density at radius 3 is 2.96 bits per heavy atom. The molecule has 4 rings (SSSR count). The van der Waals surface area contributed by atoms with E-state index in [0.717, 1.165) is 38.0 Å². The number of aromatic nitrogens is 3. The third-order valence-electron chi connectivity index (χ3n) is 4.35. The molecule has 6 nitrogen and oxygen atoms in total. The smallest absolute Gasteiger partial charge is 0.252 e. The highest BCUT2D eigenvalue weighted by molar-refractivity contribution is 7.07. The van der Waals surface area contributed by atoms with E-state index in [4.69, 9.17) is 9.26 Å². The minimum absolute atomic E-state index is 0.257. The fourth-order valence-corrected chi connectivity index (χ4v) is 3.65. The molecule has 0 amide bonds. The van der Waals surface area contributed by atoms with E-state index in [0.29, 0.717) is 18.3 Å². The maximum Gasteiger partial charge on any atom is 0.252 e. The minimum atomic E-state index is 0.257. The van der Waals surface area contributed by atoms with Crippen molar-refractivity contribution in [3.05, 3.63) is 52.8 Å². The van der Waals surface area contributed by atoms with E-state index >= 15 is 0 Å². The summed E-state index contributed by atoms with van der Waals surface area (Å²) in [6, 6.07) is 5.96. The molecule has 1 fully saturated rings. The van der Waals surface area contributed by atoms with E-state index in [1.165, 1.54) is 5.56 Å². The Balaban J connectivity index is 1.24. The molecule has 0 atom stereocenters. The Morgan fingerprint density at radius 2 is 2.20 bits per heavy atom. The Morgan fingerprint density at radius 1 is 1.28 bits per heavy atom. The van der Waals surface area contributed by atoms with Gasteiger partial charge in [0.05, 0.1) is 6.10 Å². The number of pyridine rings is 1. The third-order valence-corrected chi connectivity index (χ3v) is 5.08. The molecule has 1 aliphatic heterocycles. The monoisotopic (exact) mass is 356 g/mol. The van der Waals surface area contributed by atoms with Crippen molar-refractivity contribution in [3.8, 4) is 11.4 Å². The highest BCUT2D eigenvalue weighted by Crippen LogP contribution is 2.19. The number of hydrogen-bond donors (Lipinski definition) is 0. The second kappa shape index (κ2) is 7.86. The van der Waals surface area contributed by atoms with Crippen LogP contribution in [0.3, 0.4) is 0 Å². The van der Waals surface area contributed by atoms with Crippen LogP contribution in [0.4, 0.5) is 0 Å². The fraction of sp³-hybridized carbons (Fsp3) is 0.389. The van der Waals surface area contributed by atoms with Gasteiger partial charge in [-0.3, -0.25) is 9.88 Å². The predicted molar refractivity (Wildman–Crippen MR) is 94.9 cm³/mol. The average Bonchev–Trinajstić information content (AvgIpc) is 3.34. The summed E-state index contributed by atoms with van der Waals surface area (Å²) in [6.45, 7) is 3.52. The van der Waals surface area contributed by atoms with Gasteiger partial charge >= 0.3 is 0 Å². The first-order valence-electron chi connectivity index (χ1n) is 8.45. The Bertz CT molecular complexity index is 767. The van der Waals surface area contributed by atoms with Crippen LogP contribution >= 0.6 is 11.3 Å². The maximum absolute atomic E-state index is 5.97. The lowest BCUT2D eigenvalue weighted by Gasteiger charge is -2.31. The first-order valence-corrected chi connectivity index (χ1v) is 9.39. The van der Waals surface area contributed by atoms with Gasteiger partial charge in [-0.1, -0.05) is 5.16 Å². The van der Waals surface area contributed by atoms with Gasteiger partial charge in [-0.2, -0.15) is 16.3 Å². The number of rotatable bonds is 6. The van der Waals surface area contributed by atoms with Crippen LogP contribution in [0.15, 0.2) is 45.9 Å². The molecule has 0 spiro atoms.